The summed E-state index contributed by atoms with van der Waals surface area (Å²) in [6, 6.07) is 6.79. The van der Waals surface area contributed by atoms with Crippen molar-refractivity contribution in [3.8, 4) is 23.5 Å². The Balaban J connectivity index is 2.43. The monoisotopic (exact) mass is 340 g/mol. The molecule has 1 aromatic carbocycles. The standard InChI is InChI=1S/C15H17ClN2O5/c1-19-11-8-12(20-2)18-15(17-11)23-13-9(14(21-3)22-4)6-5-7-10(13)16/h5-8,14H,1-4H3. The van der Waals surface area contributed by atoms with E-state index in [4.69, 9.17) is 35.3 Å². The molecular weight excluding hydrogens is 324 g/mol. The Bertz CT molecular complexity index is 642. The fraction of sp³-hybridized carbons (Fsp3) is 0.333. The van der Waals surface area contributed by atoms with Crippen LogP contribution >= 0.6 is 11.6 Å². The van der Waals surface area contributed by atoms with Crippen LogP contribution in [0.25, 0.3) is 0 Å². The largest absolute Gasteiger partial charge is 0.481 e. The quantitative estimate of drug-likeness (QED) is 0.716. The van der Waals surface area contributed by atoms with Crippen LogP contribution in [0, 0.1) is 0 Å². The van der Waals surface area contributed by atoms with E-state index in [2.05, 4.69) is 9.97 Å². The number of benzene rings is 1. The number of nitrogens with zero attached hydrogens (tertiary/aromatic N) is 2. The van der Waals surface area contributed by atoms with Gasteiger partial charge >= 0.3 is 6.01 Å². The van der Waals surface area contributed by atoms with Crippen LogP contribution in [-0.4, -0.2) is 38.4 Å². The Morgan fingerprint density at radius 1 is 0.957 bits per heavy atom. The van der Waals surface area contributed by atoms with Crippen molar-refractivity contribution in [1.82, 2.24) is 9.97 Å². The lowest BCUT2D eigenvalue weighted by atomic mass is 10.2. The van der Waals surface area contributed by atoms with Crippen LogP contribution in [0.4, 0.5) is 0 Å². The van der Waals surface area contributed by atoms with E-state index in [1.165, 1.54) is 34.5 Å². The molecule has 0 bridgehead atoms. The maximum atomic E-state index is 6.23. The van der Waals surface area contributed by atoms with Crippen molar-refractivity contribution in [3.05, 3.63) is 34.9 Å². The van der Waals surface area contributed by atoms with E-state index >= 15 is 0 Å². The Labute approximate surface area is 139 Å². The molecule has 2 aromatic rings. The summed E-state index contributed by atoms with van der Waals surface area (Å²) in [5, 5.41) is 0.368. The third kappa shape index (κ3) is 4.01. The van der Waals surface area contributed by atoms with Gasteiger partial charge in [0, 0.05) is 14.2 Å². The molecular formula is C15H17ClN2O5. The number of aromatic nitrogens is 2. The van der Waals surface area contributed by atoms with Crippen LogP contribution < -0.4 is 14.2 Å². The van der Waals surface area contributed by atoms with Gasteiger partial charge in [0.05, 0.1) is 30.9 Å². The third-order valence-corrected chi connectivity index (χ3v) is 3.25. The highest BCUT2D eigenvalue weighted by Gasteiger charge is 2.20. The summed E-state index contributed by atoms with van der Waals surface area (Å²) in [7, 11) is 6.00. The summed E-state index contributed by atoms with van der Waals surface area (Å²) < 4.78 is 26.4. The van der Waals surface area contributed by atoms with Crippen molar-refractivity contribution in [2.45, 2.75) is 6.29 Å². The number of methoxy groups -OCH3 is 4. The number of hydrogen-bond acceptors (Lipinski definition) is 7. The molecule has 0 saturated carbocycles. The van der Waals surface area contributed by atoms with Gasteiger partial charge in [0.2, 0.25) is 11.8 Å². The molecule has 0 spiro atoms. The minimum Gasteiger partial charge on any atom is -0.481 e. The van der Waals surface area contributed by atoms with Gasteiger partial charge in [-0.2, -0.15) is 9.97 Å². The van der Waals surface area contributed by atoms with Crippen molar-refractivity contribution in [2.75, 3.05) is 28.4 Å². The molecule has 0 aliphatic heterocycles. The third-order valence-electron chi connectivity index (χ3n) is 2.95. The Morgan fingerprint density at radius 3 is 2.09 bits per heavy atom. The zero-order valence-electron chi connectivity index (χ0n) is 13.2. The van der Waals surface area contributed by atoms with Gasteiger partial charge < -0.3 is 23.7 Å². The second-order valence-electron chi connectivity index (χ2n) is 4.30. The van der Waals surface area contributed by atoms with Crippen molar-refractivity contribution in [3.63, 3.8) is 0 Å². The lowest BCUT2D eigenvalue weighted by molar-refractivity contribution is -0.106. The maximum Gasteiger partial charge on any atom is 0.328 e. The zero-order valence-corrected chi connectivity index (χ0v) is 14.0. The molecule has 0 atom stereocenters. The molecule has 7 nitrogen and oxygen atoms in total. The summed E-state index contributed by atoms with van der Waals surface area (Å²) in [5.41, 5.74) is 0.605. The van der Waals surface area contributed by atoms with Crippen LogP contribution in [0.15, 0.2) is 24.3 Å². The molecule has 0 aliphatic rings. The molecule has 124 valence electrons. The predicted octanol–water partition coefficient (Wildman–Crippen LogP) is 3.23. The van der Waals surface area contributed by atoms with Gasteiger partial charge in [-0.15, -0.1) is 0 Å². The van der Waals surface area contributed by atoms with E-state index in [0.717, 1.165) is 0 Å². The molecule has 1 heterocycles. The van der Waals surface area contributed by atoms with Crippen LogP contribution in [0.2, 0.25) is 5.02 Å². The molecule has 23 heavy (non-hydrogen) atoms. The van der Waals surface area contributed by atoms with Crippen molar-refractivity contribution in [1.29, 1.82) is 0 Å². The van der Waals surface area contributed by atoms with Crippen LogP contribution in [0.3, 0.4) is 0 Å². The fourth-order valence-electron chi connectivity index (χ4n) is 1.90. The molecule has 0 aliphatic carbocycles. The second kappa shape index (κ2) is 7.96. The molecule has 1 aromatic heterocycles. The smallest absolute Gasteiger partial charge is 0.328 e. The number of hydrogen-bond donors (Lipinski definition) is 0. The molecule has 0 unspecified atom stereocenters. The zero-order chi connectivity index (χ0) is 16.8. The SMILES string of the molecule is COc1cc(OC)nc(Oc2c(Cl)cccc2C(OC)OC)n1. The van der Waals surface area contributed by atoms with Gasteiger partial charge in [-0.1, -0.05) is 23.7 Å². The number of ether oxygens (including phenoxy) is 5. The van der Waals surface area contributed by atoms with Crippen LogP contribution in [0.1, 0.15) is 11.9 Å². The molecule has 8 heteroatoms. The van der Waals surface area contributed by atoms with Gasteiger partial charge in [-0.25, -0.2) is 0 Å². The van der Waals surface area contributed by atoms with Gasteiger partial charge in [0.15, 0.2) is 12.0 Å². The predicted molar refractivity (Wildman–Crippen MR) is 83.4 cm³/mol. The Kier molecular flexibility index (Phi) is 5.97. The first-order chi connectivity index (χ1) is 11.1. The maximum absolute atomic E-state index is 6.23. The Hall–Kier alpha value is -2.09. The van der Waals surface area contributed by atoms with Gasteiger partial charge in [-0.05, 0) is 6.07 Å². The molecule has 0 saturated heterocycles. The average Bonchev–Trinajstić information content (AvgIpc) is 2.58. The van der Waals surface area contributed by atoms with Crippen molar-refractivity contribution >= 4 is 11.6 Å². The first-order valence-electron chi connectivity index (χ1n) is 6.61. The van der Waals surface area contributed by atoms with Crippen LogP contribution in [0.5, 0.6) is 23.5 Å². The lowest BCUT2D eigenvalue weighted by Crippen LogP contribution is -2.07. The first-order valence-corrected chi connectivity index (χ1v) is 6.99. The normalized spacial score (nSPS) is 10.7. The summed E-state index contributed by atoms with van der Waals surface area (Å²) in [4.78, 5) is 8.23. The highest BCUT2D eigenvalue weighted by molar-refractivity contribution is 6.32. The molecule has 0 radical (unpaired) electrons. The Morgan fingerprint density at radius 2 is 1.57 bits per heavy atom. The van der Waals surface area contributed by atoms with Crippen molar-refractivity contribution in [2.24, 2.45) is 0 Å². The van der Waals surface area contributed by atoms with Gasteiger partial charge in [0.25, 0.3) is 0 Å². The highest BCUT2D eigenvalue weighted by Crippen LogP contribution is 2.37. The summed E-state index contributed by atoms with van der Waals surface area (Å²) in [6.07, 6.45) is -0.642. The number of para-hydroxylation sites is 1. The van der Waals surface area contributed by atoms with E-state index < -0.39 is 6.29 Å². The van der Waals surface area contributed by atoms with E-state index in [9.17, 15) is 0 Å². The topological polar surface area (TPSA) is 71.9 Å². The minimum atomic E-state index is -0.642. The van der Waals surface area contributed by atoms with E-state index in [1.807, 2.05) is 0 Å². The molecule has 0 fully saturated rings. The summed E-state index contributed by atoms with van der Waals surface area (Å²) >= 11 is 6.23. The molecule has 2 rings (SSSR count). The molecule has 0 N–H and O–H groups in total. The lowest BCUT2D eigenvalue weighted by Gasteiger charge is -2.18. The molecule has 0 amide bonds. The average molecular weight is 341 g/mol. The highest BCUT2D eigenvalue weighted by atomic mass is 35.5. The fourth-order valence-corrected chi connectivity index (χ4v) is 2.12. The number of rotatable bonds is 7. The summed E-state index contributed by atoms with van der Waals surface area (Å²) in [6.45, 7) is 0. The first kappa shape index (κ1) is 17.3. The second-order valence-corrected chi connectivity index (χ2v) is 4.71. The van der Waals surface area contributed by atoms with Crippen molar-refractivity contribution < 1.29 is 23.7 Å². The van der Waals surface area contributed by atoms with E-state index in [0.29, 0.717) is 28.1 Å². The van der Waals surface area contributed by atoms with Gasteiger partial charge in [-0.3, -0.25) is 0 Å². The van der Waals surface area contributed by atoms with E-state index in [1.54, 1.807) is 18.2 Å². The van der Waals surface area contributed by atoms with Gasteiger partial charge in [0.1, 0.15) is 0 Å². The minimum absolute atomic E-state index is 0.0292. The summed E-state index contributed by atoms with van der Waals surface area (Å²) in [5.74, 6) is 0.934. The van der Waals surface area contributed by atoms with E-state index in [-0.39, 0.29) is 6.01 Å². The van der Waals surface area contributed by atoms with Crippen LogP contribution in [-0.2, 0) is 9.47 Å². The number of halogens is 1.